The number of ketones is 1. The number of nitrogens with zero attached hydrogens (tertiary/aromatic N) is 2. The smallest absolute Gasteiger partial charge is 0.237 e. The summed E-state index contributed by atoms with van der Waals surface area (Å²) >= 11 is 0. The van der Waals surface area contributed by atoms with Crippen molar-refractivity contribution in [1.29, 1.82) is 0 Å². The summed E-state index contributed by atoms with van der Waals surface area (Å²) in [5.41, 5.74) is 2.17. The predicted octanol–water partition coefficient (Wildman–Crippen LogP) is 1.57. The van der Waals surface area contributed by atoms with Gasteiger partial charge in [0.1, 0.15) is 11.5 Å². The maximum atomic E-state index is 11.2. The summed E-state index contributed by atoms with van der Waals surface area (Å²) in [6, 6.07) is 1.97. The van der Waals surface area contributed by atoms with E-state index in [-0.39, 0.29) is 0 Å². The third-order valence-electron chi connectivity index (χ3n) is 2.92. The molecule has 1 aromatic rings. The van der Waals surface area contributed by atoms with Crippen molar-refractivity contribution < 1.29 is 9.53 Å². The van der Waals surface area contributed by atoms with Crippen LogP contribution in [0.1, 0.15) is 18.4 Å². The zero-order valence-corrected chi connectivity index (χ0v) is 9.69. The molecule has 0 bridgehead atoms. The number of piperidine rings is 1. The molecule has 1 fully saturated rings. The van der Waals surface area contributed by atoms with Gasteiger partial charge in [0.2, 0.25) is 5.88 Å². The Bertz CT molecular complexity index is 394. The van der Waals surface area contributed by atoms with Gasteiger partial charge in [0.25, 0.3) is 0 Å². The number of rotatable bonds is 2. The van der Waals surface area contributed by atoms with E-state index in [9.17, 15) is 4.79 Å². The maximum absolute atomic E-state index is 11.2. The molecule has 0 atom stereocenters. The van der Waals surface area contributed by atoms with E-state index in [4.69, 9.17) is 4.74 Å². The average Bonchev–Trinajstić information content (AvgIpc) is 2.30. The summed E-state index contributed by atoms with van der Waals surface area (Å²) in [4.78, 5) is 17.6. The summed E-state index contributed by atoms with van der Waals surface area (Å²) in [6.45, 7) is 3.57. The summed E-state index contributed by atoms with van der Waals surface area (Å²) < 4.78 is 5.27. The Morgan fingerprint density at radius 2 is 2.06 bits per heavy atom. The Morgan fingerprint density at radius 3 is 2.69 bits per heavy atom. The van der Waals surface area contributed by atoms with Crippen LogP contribution in [0.2, 0.25) is 0 Å². The lowest BCUT2D eigenvalue weighted by Crippen LogP contribution is -2.34. The van der Waals surface area contributed by atoms with Crippen molar-refractivity contribution in [1.82, 2.24) is 4.98 Å². The summed E-state index contributed by atoms with van der Waals surface area (Å²) in [5, 5.41) is 0. The molecule has 0 aliphatic carbocycles. The number of aryl methyl sites for hydroxylation is 1. The first-order valence-electron chi connectivity index (χ1n) is 5.48. The molecule has 0 radical (unpaired) electrons. The fourth-order valence-corrected chi connectivity index (χ4v) is 2.04. The first-order valence-corrected chi connectivity index (χ1v) is 5.48. The van der Waals surface area contributed by atoms with Crippen LogP contribution >= 0.6 is 0 Å². The number of methoxy groups -OCH3 is 1. The Kier molecular flexibility index (Phi) is 3.08. The van der Waals surface area contributed by atoms with Crippen molar-refractivity contribution in [3.63, 3.8) is 0 Å². The van der Waals surface area contributed by atoms with Crippen molar-refractivity contribution in [2.75, 3.05) is 25.1 Å². The molecule has 0 unspecified atom stereocenters. The molecule has 0 aromatic carbocycles. The van der Waals surface area contributed by atoms with E-state index in [1.165, 1.54) is 0 Å². The van der Waals surface area contributed by atoms with Gasteiger partial charge in [0.15, 0.2) is 0 Å². The number of hydrogen-bond donors (Lipinski definition) is 0. The monoisotopic (exact) mass is 220 g/mol. The summed E-state index contributed by atoms with van der Waals surface area (Å²) in [7, 11) is 1.63. The fourth-order valence-electron chi connectivity index (χ4n) is 2.04. The van der Waals surface area contributed by atoms with Gasteiger partial charge in [-0.3, -0.25) is 4.79 Å². The highest BCUT2D eigenvalue weighted by molar-refractivity contribution is 5.81. The van der Waals surface area contributed by atoms with Crippen LogP contribution in [0.25, 0.3) is 0 Å². The van der Waals surface area contributed by atoms with E-state index in [0.717, 1.165) is 24.3 Å². The Balaban J connectivity index is 2.28. The minimum absolute atomic E-state index is 0.344. The topological polar surface area (TPSA) is 42.4 Å². The standard InChI is InChI=1S/C12H16N2O2/c1-9-3-6-13-12(16-2)11(9)14-7-4-10(15)5-8-14/h3,6H,4-5,7-8H2,1-2H3. The molecule has 1 aliphatic heterocycles. The van der Waals surface area contributed by atoms with Crippen molar-refractivity contribution >= 4 is 11.5 Å². The number of ether oxygens (including phenoxy) is 1. The molecule has 16 heavy (non-hydrogen) atoms. The van der Waals surface area contributed by atoms with Gasteiger partial charge in [-0.1, -0.05) is 0 Å². The molecule has 4 heteroatoms. The molecule has 1 saturated heterocycles. The normalized spacial score (nSPS) is 16.4. The number of pyridine rings is 1. The van der Waals surface area contributed by atoms with Crippen LogP contribution in [0.15, 0.2) is 12.3 Å². The van der Waals surface area contributed by atoms with Crippen LogP contribution in [0.3, 0.4) is 0 Å². The molecular formula is C12H16N2O2. The second-order valence-corrected chi connectivity index (χ2v) is 4.01. The molecule has 0 N–H and O–H groups in total. The van der Waals surface area contributed by atoms with Crippen LogP contribution < -0.4 is 9.64 Å². The zero-order chi connectivity index (χ0) is 11.5. The molecule has 4 nitrogen and oxygen atoms in total. The molecule has 0 amide bonds. The number of anilines is 1. The summed E-state index contributed by atoms with van der Waals surface area (Å²) in [5.74, 6) is 0.992. The van der Waals surface area contributed by atoms with E-state index in [1.54, 1.807) is 13.3 Å². The van der Waals surface area contributed by atoms with Gasteiger partial charge in [-0.15, -0.1) is 0 Å². The third kappa shape index (κ3) is 2.01. The molecule has 1 aromatic heterocycles. The molecule has 1 aliphatic rings. The van der Waals surface area contributed by atoms with Gasteiger partial charge < -0.3 is 9.64 Å². The van der Waals surface area contributed by atoms with Gasteiger partial charge in [0, 0.05) is 32.1 Å². The lowest BCUT2D eigenvalue weighted by atomic mass is 10.1. The average molecular weight is 220 g/mol. The second-order valence-electron chi connectivity index (χ2n) is 4.01. The Labute approximate surface area is 95.2 Å². The van der Waals surface area contributed by atoms with E-state index < -0.39 is 0 Å². The fraction of sp³-hybridized carbons (Fsp3) is 0.500. The lowest BCUT2D eigenvalue weighted by molar-refractivity contribution is -0.119. The SMILES string of the molecule is COc1nccc(C)c1N1CCC(=O)CC1. The van der Waals surface area contributed by atoms with Crippen LogP contribution in [0.4, 0.5) is 5.69 Å². The van der Waals surface area contributed by atoms with Crippen molar-refractivity contribution in [3.05, 3.63) is 17.8 Å². The van der Waals surface area contributed by atoms with Crippen molar-refractivity contribution in [2.24, 2.45) is 0 Å². The lowest BCUT2D eigenvalue weighted by Gasteiger charge is -2.30. The molecule has 0 spiro atoms. The maximum Gasteiger partial charge on any atom is 0.237 e. The number of hydrogen-bond acceptors (Lipinski definition) is 4. The first-order chi connectivity index (χ1) is 7.72. The highest BCUT2D eigenvalue weighted by Crippen LogP contribution is 2.30. The van der Waals surface area contributed by atoms with Crippen molar-refractivity contribution in [3.8, 4) is 5.88 Å². The Morgan fingerprint density at radius 1 is 1.38 bits per heavy atom. The highest BCUT2D eigenvalue weighted by Gasteiger charge is 2.21. The van der Waals surface area contributed by atoms with E-state index in [2.05, 4.69) is 9.88 Å². The molecule has 0 saturated carbocycles. The van der Waals surface area contributed by atoms with Crippen LogP contribution in [-0.4, -0.2) is 31.0 Å². The van der Waals surface area contributed by atoms with Crippen LogP contribution in [0, 0.1) is 6.92 Å². The van der Waals surface area contributed by atoms with E-state index in [0.29, 0.717) is 24.5 Å². The minimum Gasteiger partial charge on any atom is -0.480 e. The van der Waals surface area contributed by atoms with Crippen LogP contribution in [-0.2, 0) is 4.79 Å². The second kappa shape index (κ2) is 4.51. The van der Waals surface area contributed by atoms with Gasteiger partial charge >= 0.3 is 0 Å². The van der Waals surface area contributed by atoms with E-state index >= 15 is 0 Å². The zero-order valence-electron chi connectivity index (χ0n) is 9.69. The van der Waals surface area contributed by atoms with E-state index in [1.807, 2.05) is 13.0 Å². The van der Waals surface area contributed by atoms with Crippen molar-refractivity contribution in [2.45, 2.75) is 19.8 Å². The van der Waals surface area contributed by atoms with Crippen LogP contribution in [0.5, 0.6) is 5.88 Å². The Hall–Kier alpha value is -1.58. The van der Waals surface area contributed by atoms with Gasteiger partial charge in [-0.2, -0.15) is 0 Å². The largest absolute Gasteiger partial charge is 0.480 e. The first kappa shape index (κ1) is 10.9. The third-order valence-corrected chi connectivity index (χ3v) is 2.92. The molecule has 2 rings (SSSR count). The quantitative estimate of drug-likeness (QED) is 0.758. The number of Topliss-reactive ketones (excluding diaryl/α,β-unsaturated/α-hetero) is 1. The number of carbonyl (C=O) groups excluding carboxylic acids is 1. The van der Waals surface area contributed by atoms with Gasteiger partial charge in [0.05, 0.1) is 7.11 Å². The molecular weight excluding hydrogens is 204 g/mol. The highest BCUT2D eigenvalue weighted by atomic mass is 16.5. The molecule has 2 heterocycles. The number of carbonyl (C=O) groups is 1. The van der Waals surface area contributed by atoms with Gasteiger partial charge in [-0.05, 0) is 18.6 Å². The summed E-state index contributed by atoms with van der Waals surface area (Å²) in [6.07, 6.45) is 2.99. The van der Waals surface area contributed by atoms with Gasteiger partial charge in [-0.25, -0.2) is 4.98 Å². The number of aromatic nitrogens is 1. The predicted molar refractivity (Wildman–Crippen MR) is 62.0 cm³/mol. The molecule has 86 valence electrons. The minimum atomic E-state index is 0.344.